The van der Waals surface area contributed by atoms with Gasteiger partial charge in [0.25, 0.3) is 5.91 Å². The number of carboxylic acids is 1. The summed E-state index contributed by atoms with van der Waals surface area (Å²) in [6.07, 6.45) is 3.48. The lowest BCUT2D eigenvalue weighted by molar-refractivity contribution is -0.141. The summed E-state index contributed by atoms with van der Waals surface area (Å²) in [7, 11) is 1.49. The van der Waals surface area contributed by atoms with Crippen LogP contribution in [0.3, 0.4) is 0 Å². The van der Waals surface area contributed by atoms with Gasteiger partial charge in [0.05, 0.1) is 6.54 Å². The minimum atomic E-state index is -1.03. The highest BCUT2D eigenvalue weighted by molar-refractivity contribution is 5.97. The average Bonchev–Trinajstić information content (AvgIpc) is 2.98. The lowest BCUT2D eigenvalue weighted by Crippen LogP contribution is -2.40. The lowest BCUT2D eigenvalue weighted by atomic mass is 10.1. The lowest BCUT2D eigenvalue weighted by Gasteiger charge is -2.22. The first kappa shape index (κ1) is 14.8. The van der Waals surface area contributed by atoms with E-state index in [0.29, 0.717) is 12.1 Å². The van der Waals surface area contributed by atoms with E-state index < -0.39 is 12.0 Å². The number of rotatable bonds is 5. The van der Waals surface area contributed by atoms with E-state index >= 15 is 0 Å². The van der Waals surface area contributed by atoms with Gasteiger partial charge in [0.2, 0.25) is 0 Å². The molecule has 1 N–H and O–H groups in total. The maximum absolute atomic E-state index is 12.5. The van der Waals surface area contributed by atoms with Gasteiger partial charge in [-0.05, 0) is 24.6 Å². The Morgan fingerprint density at radius 1 is 1.33 bits per heavy atom. The van der Waals surface area contributed by atoms with E-state index in [-0.39, 0.29) is 5.91 Å². The summed E-state index contributed by atoms with van der Waals surface area (Å²) in [6, 6.07) is 8.08. The molecule has 0 saturated heterocycles. The van der Waals surface area contributed by atoms with Gasteiger partial charge in [-0.1, -0.05) is 18.2 Å². The van der Waals surface area contributed by atoms with Crippen LogP contribution in [0, 0.1) is 0 Å². The Bertz CT molecular complexity index is 637. The van der Waals surface area contributed by atoms with Gasteiger partial charge in [-0.25, -0.2) is 4.79 Å². The zero-order valence-electron chi connectivity index (χ0n) is 11.9. The molecule has 1 heterocycles. The molecule has 1 aromatic carbocycles. The van der Waals surface area contributed by atoms with Crippen molar-refractivity contribution in [1.29, 1.82) is 0 Å². The first-order valence-electron chi connectivity index (χ1n) is 6.56. The summed E-state index contributed by atoms with van der Waals surface area (Å²) < 4.78 is 1.72. The number of carbonyl (C=O) groups is 2. The van der Waals surface area contributed by atoms with Crippen molar-refractivity contribution in [1.82, 2.24) is 14.7 Å². The maximum Gasteiger partial charge on any atom is 0.326 e. The molecule has 0 radical (unpaired) electrons. The third kappa shape index (κ3) is 3.28. The molecular weight excluding hydrogens is 270 g/mol. The van der Waals surface area contributed by atoms with Crippen LogP contribution in [0.15, 0.2) is 42.7 Å². The number of carboxylic acid groups (broad SMARTS) is 1. The van der Waals surface area contributed by atoms with Crippen LogP contribution in [0.5, 0.6) is 0 Å². The molecule has 1 amide bonds. The van der Waals surface area contributed by atoms with E-state index in [4.69, 9.17) is 5.11 Å². The molecule has 0 aliphatic carbocycles. The Morgan fingerprint density at radius 2 is 2.05 bits per heavy atom. The second-order valence-corrected chi connectivity index (χ2v) is 4.79. The molecule has 6 nitrogen and oxygen atoms in total. The normalized spacial score (nSPS) is 11.9. The van der Waals surface area contributed by atoms with Crippen LogP contribution in [-0.4, -0.2) is 44.8 Å². The van der Waals surface area contributed by atoms with E-state index in [1.54, 1.807) is 23.0 Å². The third-order valence-electron chi connectivity index (χ3n) is 3.40. The van der Waals surface area contributed by atoms with Crippen molar-refractivity contribution in [2.45, 2.75) is 19.5 Å². The van der Waals surface area contributed by atoms with Crippen LogP contribution in [0.1, 0.15) is 22.8 Å². The molecule has 0 spiro atoms. The molecule has 110 valence electrons. The fourth-order valence-corrected chi connectivity index (χ4v) is 1.97. The van der Waals surface area contributed by atoms with Crippen molar-refractivity contribution < 1.29 is 14.7 Å². The summed E-state index contributed by atoms with van der Waals surface area (Å²) in [4.78, 5) is 24.7. The minimum Gasteiger partial charge on any atom is -0.480 e. The van der Waals surface area contributed by atoms with Crippen LogP contribution in [0.25, 0.3) is 0 Å². The van der Waals surface area contributed by atoms with Gasteiger partial charge in [-0.15, -0.1) is 0 Å². The van der Waals surface area contributed by atoms with Crippen LogP contribution < -0.4 is 0 Å². The number of benzene rings is 1. The van der Waals surface area contributed by atoms with Gasteiger partial charge < -0.3 is 10.0 Å². The molecule has 1 aromatic heterocycles. The molecule has 0 aliphatic heterocycles. The maximum atomic E-state index is 12.5. The van der Waals surface area contributed by atoms with E-state index in [2.05, 4.69) is 5.10 Å². The average molecular weight is 287 g/mol. The van der Waals surface area contributed by atoms with Gasteiger partial charge in [-0.2, -0.15) is 5.10 Å². The SMILES string of the molecule is CC(C(=O)O)N(C)C(=O)c1ccccc1Cn1cccn1. The van der Waals surface area contributed by atoms with E-state index in [0.717, 1.165) is 5.56 Å². The number of hydrogen-bond acceptors (Lipinski definition) is 3. The minimum absolute atomic E-state index is 0.312. The standard InChI is InChI=1S/C15H17N3O3/c1-11(15(20)21)17(2)14(19)13-7-4-3-6-12(13)10-18-9-5-8-16-18/h3-9,11H,10H2,1-2H3,(H,20,21). The molecule has 0 saturated carbocycles. The number of aromatic nitrogens is 2. The van der Waals surface area contributed by atoms with Crippen LogP contribution in [-0.2, 0) is 11.3 Å². The highest BCUT2D eigenvalue weighted by Crippen LogP contribution is 2.14. The highest BCUT2D eigenvalue weighted by Gasteiger charge is 2.24. The molecule has 0 bridgehead atoms. The fraction of sp³-hybridized carbons (Fsp3) is 0.267. The molecule has 2 aromatic rings. The second-order valence-electron chi connectivity index (χ2n) is 4.79. The molecular formula is C15H17N3O3. The molecule has 0 fully saturated rings. The van der Waals surface area contributed by atoms with Gasteiger partial charge in [0.1, 0.15) is 6.04 Å². The highest BCUT2D eigenvalue weighted by atomic mass is 16.4. The van der Waals surface area contributed by atoms with Crippen molar-refractivity contribution in [2.75, 3.05) is 7.05 Å². The summed E-state index contributed by atoms with van der Waals surface area (Å²) in [5, 5.41) is 13.1. The number of likely N-dealkylation sites (N-methyl/N-ethyl adjacent to an activating group) is 1. The number of carbonyl (C=O) groups excluding carboxylic acids is 1. The van der Waals surface area contributed by atoms with Crippen molar-refractivity contribution >= 4 is 11.9 Å². The summed E-state index contributed by atoms with van der Waals surface area (Å²) >= 11 is 0. The smallest absolute Gasteiger partial charge is 0.326 e. The fourth-order valence-electron chi connectivity index (χ4n) is 1.97. The molecule has 6 heteroatoms. The first-order valence-corrected chi connectivity index (χ1v) is 6.56. The van der Waals surface area contributed by atoms with Crippen LogP contribution in [0.4, 0.5) is 0 Å². The zero-order valence-corrected chi connectivity index (χ0v) is 11.9. The summed E-state index contributed by atoms with van der Waals surface area (Å²) in [5.41, 5.74) is 1.29. The molecule has 1 atom stereocenters. The predicted molar refractivity (Wildman–Crippen MR) is 77.0 cm³/mol. The number of nitrogens with zero attached hydrogens (tertiary/aromatic N) is 3. The number of amides is 1. The monoisotopic (exact) mass is 287 g/mol. The van der Waals surface area contributed by atoms with Crippen LogP contribution in [0.2, 0.25) is 0 Å². The molecule has 0 aliphatic rings. The Kier molecular flexibility index (Phi) is 4.37. The molecule has 21 heavy (non-hydrogen) atoms. The van der Waals surface area contributed by atoms with Gasteiger partial charge >= 0.3 is 5.97 Å². The zero-order chi connectivity index (χ0) is 15.4. The van der Waals surface area contributed by atoms with Crippen molar-refractivity contribution in [3.05, 3.63) is 53.9 Å². The quantitative estimate of drug-likeness (QED) is 0.903. The van der Waals surface area contributed by atoms with Crippen molar-refractivity contribution in [3.63, 3.8) is 0 Å². The molecule has 2 rings (SSSR count). The Morgan fingerprint density at radius 3 is 2.67 bits per heavy atom. The summed E-state index contributed by atoms with van der Waals surface area (Å²) in [5.74, 6) is -1.34. The van der Waals surface area contributed by atoms with E-state index in [9.17, 15) is 9.59 Å². The Labute approximate surface area is 122 Å². The van der Waals surface area contributed by atoms with Crippen LogP contribution >= 0.6 is 0 Å². The summed E-state index contributed by atoms with van der Waals surface area (Å²) in [6.45, 7) is 1.94. The van der Waals surface area contributed by atoms with Crippen molar-refractivity contribution in [2.24, 2.45) is 0 Å². The topological polar surface area (TPSA) is 75.4 Å². The Hall–Kier alpha value is -2.63. The first-order chi connectivity index (χ1) is 10.0. The van der Waals surface area contributed by atoms with Gasteiger partial charge in [0.15, 0.2) is 0 Å². The third-order valence-corrected chi connectivity index (χ3v) is 3.40. The van der Waals surface area contributed by atoms with Gasteiger partial charge in [-0.3, -0.25) is 9.48 Å². The van der Waals surface area contributed by atoms with Crippen molar-refractivity contribution in [3.8, 4) is 0 Å². The number of aliphatic carboxylic acids is 1. The molecule has 1 unspecified atom stereocenters. The largest absolute Gasteiger partial charge is 0.480 e. The number of hydrogen-bond donors (Lipinski definition) is 1. The second kappa shape index (κ2) is 6.21. The van der Waals surface area contributed by atoms with E-state index in [1.807, 2.05) is 24.4 Å². The Balaban J connectivity index is 2.27. The van der Waals surface area contributed by atoms with Gasteiger partial charge in [0, 0.05) is 25.0 Å². The predicted octanol–water partition coefficient (Wildman–Crippen LogP) is 1.48. The van der Waals surface area contributed by atoms with E-state index in [1.165, 1.54) is 18.9 Å².